The summed E-state index contributed by atoms with van der Waals surface area (Å²) < 4.78 is 0. The zero-order valence-electron chi connectivity index (χ0n) is 47.9. The zero-order chi connectivity index (χ0) is 50.7. The van der Waals surface area contributed by atoms with Gasteiger partial charge in [0.2, 0.25) is 5.91 Å². The average molecular weight is 989 g/mol. The van der Waals surface area contributed by atoms with Crippen LogP contribution in [0.25, 0.3) is 0 Å². The van der Waals surface area contributed by atoms with E-state index in [0.717, 1.165) is 32.1 Å². The largest absolute Gasteiger partial charge is 0.394 e. The van der Waals surface area contributed by atoms with E-state index >= 15 is 0 Å². The van der Waals surface area contributed by atoms with E-state index in [1.807, 2.05) is 0 Å². The lowest BCUT2D eigenvalue weighted by Gasteiger charge is -2.23. The maximum Gasteiger partial charge on any atom is 0.249 e. The molecule has 0 rings (SSSR count). The highest BCUT2D eigenvalue weighted by Crippen LogP contribution is 2.19. The fourth-order valence-electron chi connectivity index (χ4n) is 10.6. The number of hydrogen-bond acceptors (Lipinski definition) is 4. The molecular weight excluding hydrogens is 859 g/mol. The van der Waals surface area contributed by atoms with Crippen LogP contribution in [0, 0.1) is 0 Å². The molecule has 5 heteroatoms. The van der Waals surface area contributed by atoms with E-state index < -0.39 is 24.2 Å². The minimum Gasteiger partial charge on any atom is -0.394 e. The number of aliphatic hydroxyl groups is 3. The number of amides is 1. The molecule has 0 aromatic rings. The summed E-state index contributed by atoms with van der Waals surface area (Å²) in [5.74, 6) is -0.463. The van der Waals surface area contributed by atoms with Gasteiger partial charge in [0.1, 0.15) is 6.10 Å². The molecule has 0 fully saturated rings. The average Bonchev–Trinajstić information content (AvgIpc) is 3.36. The van der Waals surface area contributed by atoms with Crippen molar-refractivity contribution >= 4 is 5.91 Å². The second-order valence-corrected chi connectivity index (χ2v) is 22.7. The molecule has 0 bridgehead atoms. The summed E-state index contributed by atoms with van der Waals surface area (Å²) in [4.78, 5) is 12.6. The molecule has 3 unspecified atom stereocenters. The molecule has 5 nitrogen and oxygen atoms in total. The van der Waals surface area contributed by atoms with E-state index in [-0.39, 0.29) is 6.61 Å². The highest BCUT2D eigenvalue weighted by Gasteiger charge is 2.23. The lowest BCUT2D eigenvalue weighted by molar-refractivity contribution is -0.131. The van der Waals surface area contributed by atoms with Crippen LogP contribution in [0.2, 0.25) is 0 Å². The third kappa shape index (κ3) is 54.9. The Morgan fingerprint density at radius 2 is 0.543 bits per heavy atom. The predicted octanol–water partition coefficient (Wildman–Crippen LogP) is 20.6. The van der Waals surface area contributed by atoms with E-state index in [4.69, 9.17) is 0 Å². The highest BCUT2D eigenvalue weighted by atomic mass is 16.3. The monoisotopic (exact) mass is 988 g/mol. The van der Waals surface area contributed by atoms with E-state index in [2.05, 4.69) is 31.3 Å². The second-order valence-electron chi connectivity index (χ2n) is 22.7. The summed E-state index contributed by atoms with van der Waals surface area (Å²) in [5, 5.41) is 33.6. The van der Waals surface area contributed by atoms with Crippen LogP contribution in [-0.2, 0) is 4.79 Å². The van der Waals surface area contributed by atoms with Gasteiger partial charge in [-0.25, -0.2) is 0 Å². The number of hydrogen-bond donors (Lipinski definition) is 4. The summed E-state index contributed by atoms with van der Waals surface area (Å²) in [6.45, 7) is 4.28. The Kier molecular flexibility index (Phi) is 59.9. The summed E-state index contributed by atoms with van der Waals surface area (Å²) in [5.41, 5.74) is 0. The highest BCUT2D eigenvalue weighted by molar-refractivity contribution is 5.80. The molecule has 1 amide bonds. The topological polar surface area (TPSA) is 89.8 Å². The molecule has 0 radical (unpaired) electrons. The lowest BCUT2D eigenvalue weighted by Crippen LogP contribution is -2.49. The van der Waals surface area contributed by atoms with Crippen molar-refractivity contribution in [3.05, 3.63) is 12.2 Å². The fourth-order valence-corrected chi connectivity index (χ4v) is 10.6. The van der Waals surface area contributed by atoms with Gasteiger partial charge in [0, 0.05) is 0 Å². The van der Waals surface area contributed by atoms with Gasteiger partial charge in [-0.05, 0) is 38.5 Å². The van der Waals surface area contributed by atoms with Gasteiger partial charge in [-0.3, -0.25) is 4.79 Å². The van der Waals surface area contributed by atoms with Crippen LogP contribution < -0.4 is 5.32 Å². The van der Waals surface area contributed by atoms with Gasteiger partial charge in [-0.1, -0.05) is 347 Å². The molecule has 0 aromatic heterocycles. The van der Waals surface area contributed by atoms with Crippen molar-refractivity contribution in [3.63, 3.8) is 0 Å². The number of allylic oxidation sites excluding steroid dienone is 2. The van der Waals surface area contributed by atoms with Crippen LogP contribution in [0.1, 0.15) is 373 Å². The maximum atomic E-state index is 12.6. The quantitative estimate of drug-likeness (QED) is 0.0361. The van der Waals surface area contributed by atoms with Crippen molar-refractivity contribution in [1.82, 2.24) is 5.32 Å². The Morgan fingerprint density at radius 3 is 0.786 bits per heavy atom. The second kappa shape index (κ2) is 60.6. The van der Waals surface area contributed by atoms with Gasteiger partial charge in [0.05, 0.1) is 18.8 Å². The maximum absolute atomic E-state index is 12.6. The molecule has 0 aromatic carbocycles. The normalized spacial score (nSPS) is 13.2. The predicted molar refractivity (Wildman–Crippen MR) is 310 cm³/mol. The van der Waals surface area contributed by atoms with E-state index in [1.54, 1.807) is 0 Å². The van der Waals surface area contributed by atoms with E-state index in [0.29, 0.717) is 12.8 Å². The molecule has 0 aliphatic carbocycles. The Morgan fingerprint density at radius 1 is 0.329 bits per heavy atom. The smallest absolute Gasteiger partial charge is 0.249 e. The molecule has 70 heavy (non-hydrogen) atoms. The first kappa shape index (κ1) is 69.1. The molecular formula is C65H129NO4. The Labute approximate surface area is 440 Å². The van der Waals surface area contributed by atoms with Crippen LogP contribution in [0.5, 0.6) is 0 Å². The number of carbonyl (C=O) groups excluding carboxylic acids is 1. The van der Waals surface area contributed by atoms with Crippen LogP contribution >= 0.6 is 0 Å². The Balaban J connectivity index is 3.43. The van der Waals surface area contributed by atoms with Gasteiger partial charge in [-0.2, -0.15) is 0 Å². The summed E-state index contributed by atoms with van der Waals surface area (Å²) in [6.07, 6.45) is 77.4. The number of carbonyl (C=O) groups is 1. The number of aliphatic hydroxyl groups excluding tert-OH is 3. The van der Waals surface area contributed by atoms with Crippen molar-refractivity contribution in [3.8, 4) is 0 Å². The van der Waals surface area contributed by atoms with Crippen LogP contribution in [0.3, 0.4) is 0 Å². The molecule has 0 heterocycles. The fraction of sp³-hybridized carbons (Fsp3) is 0.954. The number of nitrogens with one attached hydrogen (secondary N) is 1. The zero-order valence-corrected chi connectivity index (χ0v) is 47.9. The van der Waals surface area contributed by atoms with E-state index in [9.17, 15) is 20.1 Å². The first-order valence-electron chi connectivity index (χ1n) is 32.5. The molecule has 0 saturated heterocycles. The SMILES string of the molecule is CCCCCCCCCCCCCCCCCCCC/C=C\CCCCCCCCCCCCCCCCCCC(O)C(=O)NC(CO)C(O)CCCCCCCCCCCCCCCCCCCC. The van der Waals surface area contributed by atoms with Crippen molar-refractivity contribution in [2.24, 2.45) is 0 Å². The van der Waals surface area contributed by atoms with Crippen LogP contribution in [0.4, 0.5) is 0 Å². The van der Waals surface area contributed by atoms with Crippen LogP contribution in [0.15, 0.2) is 12.2 Å². The molecule has 3 atom stereocenters. The third-order valence-corrected chi connectivity index (χ3v) is 15.6. The molecule has 0 aliphatic heterocycles. The van der Waals surface area contributed by atoms with Gasteiger partial charge >= 0.3 is 0 Å². The number of unbranched alkanes of at least 4 members (excludes halogenated alkanes) is 51. The van der Waals surface area contributed by atoms with Gasteiger partial charge in [0.25, 0.3) is 0 Å². The summed E-state index contributed by atoms with van der Waals surface area (Å²) in [7, 11) is 0. The molecule has 0 saturated carbocycles. The first-order valence-corrected chi connectivity index (χ1v) is 32.5. The van der Waals surface area contributed by atoms with Crippen molar-refractivity contribution in [1.29, 1.82) is 0 Å². The molecule has 4 N–H and O–H groups in total. The van der Waals surface area contributed by atoms with Gasteiger partial charge in [0.15, 0.2) is 0 Å². The minimum atomic E-state index is -1.07. The van der Waals surface area contributed by atoms with Gasteiger partial charge < -0.3 is 20.6 Å². The Bertz CT molecular complexity index is 1000. The first-order chi connectivity index (χ1) is 34.6. The van der Waals surface area contributed by atoms with Crippen molar-refractivity contribution in [2.75, 3.05) is 6.61 Å². The summed E-state index contributed by atoms with van der Waals surface area (Å²) >= 11 is 0. The number of rotatable bonds is 61. The summed E-state index contributed by atoms with van der Waals surface area (Å²) in [6, 6.07) is -0.710. The Hall–Kier alpha value is -0.910. The molecule has 0 aliphatic rings. The molecule has 0 spiro atoms. The van der Waals surface area contributed by atoms with Crippen LogP contribution in [-0.4, -0.2) is 46.1 Å². The minimum absolute atomic E-state index is 0.309. The standard InChI is InChI=1S/C65H129NO4/c1-3-5-7-9-11-13-15-17-19-21-23-24-25-26-27-28-29-30-31-32-33-34-35-36-37-38-39-40-41-42-44-46-48-50-52-54-56-58-60-64(69)65(70)66-62(61-67)63(68)59-57-55-53-51-49-47-45-43-22-20-18-16-14-12-10-8-6-4-2/h32-33,62-64,67-69H,3-31,34-61H2,1-2H3,(H,66,70)/b33-32-. The van der Waals surface area contributed by atoms with Crippen molar-refractivity contribution < 1.29 is 20.1 Å². The van der Waals surface area contributed by atoms with Crippen molar-refractivity contribution in [2.45, 2.75) is 392 Å². The molecule has 418 valence electrons. The third-order valence-electron chi connectivity index (χ3n) is 15.6. The van der Waals surface area contributed by atoms with E-state index in [1.165, 1.54) is 315 Å². The lowest BCUT2D eigenvalue weighted by atomic mass is 10.0. The van der Waals surface area contributed by atoms with Gasteiger partial charge in [-0.15, -0.1) is 0 Å².